The van der Waals surface area contributed by atoms with Crippen LogP contribution in [0.3, 0.4) is 0 Å². The second-order valence-electron chi connectivity index (χ2n) is 12.7. The minimum Gasteiger partial charge on any atom is -0.344 e. The van der Waals surface area contributed by atoms with Crippen LogP contribution in [0.1, 0.15) is 77.8 Å². The van der Waals surface area contributed by atoms with Crippen molar-refractivity contribution in [3.05, 3.63) is 71.5 Å². The maximum Gasteiger partial charge on any atom is 0.333 e. The molecule has 1 unspecified atom stereocenters. The van der Waals surface area contributed by atoms with Crippen molar-refractivity contribution in [2.75, 3.05) is 18.0 Å². The molecular weight excluding hydrogens is 675 g/mol. The predicted octanol–water partition coefficient (Wildman–Crippen LogP) is 5.77. The maximum atomic E-state index is 12.7. The summed E-state index contributed by atoms with van der Waals surface area (Å²) < 4.78 is 41.1. The van der Waals surface area contributed by atoms with Crippen LogP contribution in [-0.4, -0.2) is 64.5 Å². The molecule has 2 aromatic rings. The van der Waals surface area contributed by atoms with Gasteiger partial charge in [-0.25, -0.2) is 10.1 Å². The molecule has 262 valence electrons. The summed E-state index contributed by atoms with van der Waals surface area (Å²) in [4.78, 5) is 44.2. The highest BCUT2D eigenvalue weighted by molar-refractivity contribution is 7.94. The molecule has 0 aromatic heterocycles. The number of rotatable bonds is 13. The van der Waals surface area contributed by atoms with Crippen LogP contribution in [0.5, 0.6) is 0 Å². The summed E-state index contributed by atoms with van der Waals surface area (Å²) in [5.74, 6) is -1.83. The van der Waals surface area contributed by atoms with E-state index < -0.39 is 38.7 Å². The van der Waals surface area contributed by atoms with Gasteiger partial charge in [0.25, 0.3) is 21.9 Å². The number of fused-ring (bicyclic) bond motifs is 2. The number of hydroxylamine groups is 2. The molecule has 1 saturated heterocycles. The van der Waals surface area contributed by atoms with E-state index in [4.69, 9.17) is 10.1 Å². The molecule has 5 rings (SSSR count). The van der Waals surface area contributed by atoms with E-state index in [0.717, 1.165) is 45.3 Å². The lowest BCUT2D eigenvalue weighted by Crippen LogP contribution is -2.32. The Morgan fingerprint density at radius 1 is 1.06 bits per heavy atom. The molecule has 0 saturated carbocycles. The second kappa shape index (κ2) is 14.2. The number of hydrogen-bond acceptors (Lipinski definition) is 11. The lowest BCUT2D eigenvalue weighted by atomic mass is 9.77. The number of amides is 2. The van der Waals surface area contributed by atoms with Crippen molar-refractivity contribution >= 4 is 57.0 Å². The van der Waals surface area contributed by atoms with E-state index in [1.54, 1.807) is 6.07 Å². The number of benzene rings is 2. The monoisotopic (exact) mass is 714 g/mol. The minimum atomic E-state index is -4.49. The number of hydrogen-bond donors (Lipinski definition) is 2. The molecule has 1 fully saturated rings. The molecule has 0 radical (unpaired) electrons. The first-order chi connectivity index (χ1) is 23.2. The predicted molar refractivity (Wildman–Crippen MR) is 180 cm³/mol. The van der Waals surface area contributed by atoms with Gasteiger partial charge in [0.05, 0.1) is 22.4 Å². The number of imide groups is 1. The van der Waals surface area contributed by atoms with E-state index in [1.165, 1.54) is 12.1 Å². The molecule has 2 aromatic carbocycles. The molecule has 15 heteroatoms. The van der Waals surface area contributed by atoms with Gasteiger partial charge in [-0.1, -0.05) is 11.1 Å². The number of allylic oxidation sites excluding steroid dienone is 4. The SMILES string of the molecule is CCN1/C(=C/C=C/C2=[N+](CC)c3ccc(SOOO)cc3C2(C)C)C(C)(CCCC(=O)ON2C(=O)CCC2=O)c2cc(S(=O)(=O)O)ccc21. The molecule has 0 aliphatic carbocycles. The Bertz CT molecular complexity index is 1870. The zero-order valence-corrected chi connectivity index (χ0v) is 29.6. The van der Waals surface area contributed by atoms with E-state index in [9.17, 15) is 27.4 Å². The number of carbonyl (C=O) groups is 3. The highest BCUT2D eigenvalue weighted by Crippen LogP contribution is 2.51. The molecule has 2 amide bonds. The Labute approximate surface area is 289 Å². The van der Waals surface area contributed by atoms with Crippen molar-refractivity contribution in [2.45, 2.75) is 87.3 Å². The average Bonchev–Trinajstić information content (AvgIpc) is 3.58. The number of anilines is 1. The molecule has 3 aliphatic heterocycles. The van der Waals surface area contributed by atoms with Crippen molar-refractivity contribution in [1.82, 2.24) is 5.06 Å². The van der Waals surface area contributed by atoms with Crippen molar-refractivity contribution < 1.29 is 51.4 Å². The van der Waals surface area contributed by atoms with Gasteiger partial charge in [0.2, 0.25) is 5.69 Å². The summed E-state index contributed by atoms with van der Waals surface area (Å²) in [6.07, 6.45) is 6.61. The van der Waals surface area contributed by atoms with E-state index in [0.29, 0.717) is 36.6 Å². The fraction of sp³-hybridized carbons (Fsp3) is 0.412. The zero-order chi connectivity index (χ0) is 35.7. The van der Waals surface area contributed by atoms with Crippen LogP contribution in [-0.2, 0) is 49.5 Å². The largest absolute Gasteiger partial charge is 0.344 e. The first-order valence-electron chi connectivity index (χ1n) is 16.0. The van der Waals surface area contributed by atoms with Gasteiger partial charge in [-0.15, -0.1) is 9.40 Å². The summed E-state index contributed by atoms with van der Waals surface area (Å²) in [5.41, 5.74) is 4.30. The van der Waals surface area contributed by atoms with Crippen LogP contribution in [0.25, 0.3) is 0 Å². The van der Waals surface area contributed by atoms with Crippen LogP contribution >= 0.6 is 12.0 Å². The van der Waals surface area contributed by atoms with Gasteiger partial charge in [0.1, 0.15) is 6.54 Å². The summed E-state index contributed by atoms with van der Waals surface area (Å²) in [6, 6.07) is 10.4. The van der Waals surface area contributed by atoms with Gasteiger partial charge in [-0.05, 0) is 89.4 Å². The lowest BCUT2D eigenvalue weighted by Gasteiger charge is -2.30. The third-order valence-corrected chi connectivity index (χ3v) is 10.9. The smallest absolute Gasteiger partial charge is 0.333 e. The summed E-state index contributed by atoms with van der Waals surface area (Å²) in [7, 11) is -4.49. The first kappa shape index (κ1) is 36.4. The van der Waals surface area contributed by atoms with Gasteiger partial charge >= 0.3 is 5.97 Å². The molecule has 3 aliphatic rings. The lowest BCUT2D eigenvalue weighted by molar-refractivity contribution is -0.433. The Morgan fingerprint density at radius 3 is 2.41 bits per heavy atom. The van der Waals surface area contributed by atoms with Gasteiger partial charge < -0.3 is 9.74 Å². The van der Waals surface area contributed by atoms with E-state index in [2.05, 4.69) is 45.7 Å². The summed E-state index contributed by atoms with van der Waals surface area (Å²) in [5, 5.41) is 12.9. The number of nitrogens with zero attached hydrogens (tertiary/aromatic N) is 3. The van der Waals surface area contributed by atoms with E-state index in [-0.39, 0.29) is 24.2 Å². The normalized spacial score (nSPS) is 21.0. The Morgan fingerprint density at radius 2 is 1.78 bits per heavy atom. The van der Waals surface area contributed by atoms with Crippen molar-refractivity contribution in [1.29, 1.82) is 0 Å². The van der Waals surface area contributed by atoms with Gasteiger partial charge in [0, 0.05) is 65.2 Å². The topological polar surface area (TPSA) is 163 Å². The van der Waals surface area contributed by atoms with Gasteiger partial charge in [0.15, 0.2) is 5.71 Å². The Kier molecular flexibility index (Phi) is 10.5. The fourth-order valence-corrected chi connectivity index (χ4v) is 7.92. The molecular formula is C34H40N3O10S2+. The number of carbonyl (C=O) groups excluding carboxylic acids is 3. The van der Waals surface area contributed by atoms with Crippen LogP contribution < -0.4 is 4.90 Å². The standard InChI is InChI=1S/C34H39N3O10S2/c1-6-35-26-15-13-22(48-47-46-41)20-24(26)33(3,4)28(35)10-8-11-29-34(5,19-9-12-32(40)45-37-30(38)17-18-31(37)39)25-21-23(49(42,43)44)14-16-27(25)36(29)7-2/h8,10-11,13-16,20-21H,6-7,9,12,17-19H2,1-5H3,(H-,41,42,43,44)/p+1. The molecule has 0 spiro atoms. The van der Waals surface area contributed by atoms with Crippen molar-refractivity contribution in [2.24, 2.45) is 0 Å². The fourth-order valence-electron chi connectivity index (χ4n) is 7.02. The van der Waals surface area contributed by atoms with Crippen molar-refractivity contribution in [3.63, 3.8) is 0 Å². The highest BCUT2D eigenvalue weighted by Gasteiger charge is 2.45. The maximum absolute atomic E-state index is 12.7. The van der Waals surface area contributed by atoms with Crippen LogP contribution in [0.2, 0.25) is 0 Å². The molecule has 1 atom stereocenters. The second-order valence-corrected chi connectivity index (χ2v) is 14.9. The van der Waals surface area contributed by atoms with Gasteiger partial charge in [-0.2, -0.15) is 13.0 Å². The van der Waals surface area contributed by atoms with Crippen LogP contribution in [0.4, 0.5) is 11.4 Å². The Balaban J connectivity index is 1.48. The molecule has 2 N–H and O–H groups in total. The zero-order valence-electron chi connectivity index (χ0n) is 28.0. The minimum absolute atomic E-state index is 0.000849. The van der Waals surface area contributed by atoms with Gasteiger partial charge in [-0.3, -0.25) is 14.1 Å². The van der Waals surface area contributed by atoms with Crippen molar-refractivity contribution in [3.8, 4) is 0 Å². The molecule has 49 heavy (non-hydrogen) atoms. The summed E-state index contributed by atoms with van der Waals surface area (Å²) in [6.45, 7) is 11.5. The molecule has 0 bridgehead atoms. The molecule has 13 nitrogen and oxygen atoms in total. The highest BCUT2D eigenvalue weighted by atomic mass is 32.2. The quantitative estimate of drug-likeness (QED) is 0.0644. The van der Waals surface area contributed by atoms with Crippen LogP contribution in [0, 0.1) is 0 Å². The first-order valence-corrected chi connectivity index (χ1v) is 18.1. The third kappa shape index (κ3) is 6.96. The van der Waals surface area contributed by atoms with E-state index in [1.807, 2.05) is 44.2 Å². The van der Waals surface area contributed by atoms with E-state index >= 15 is 0 Å². The third-order valence-electron chi connectivity index (χ3n) is 9.43. The molecule has 3 heterocycles. The average molecular weight is 715 g/mol. The number of likely N-dealkylation sites (N-methyl/N-ethyl adjacent to an activating group) is 1. The van der Waals surface area contributed by atoms with Crippen LogP contribution in [0.15, 0.2) is 70.1 Å². The Hall–Kier alpha value is -3.86. The summed E-state index contributed by atoms with van der Waals surface area (Å²) >= 11 is 0.899.